The molecule has 0 saturated heterocycles. The number of hydrogen-bond acceptors (Lipinski definition) is 4. The van der Waals surface area contributed by atoms with Gasteiger partial charge in [-0.15, -0.1) is 0 Å². The fraction of sp³-hybridized carbons (Fsp3) is 0.0588. The molecule has 5 heteroatoms. The number of rotatable bonds is 3. The number of benzene rings is 2. The highest BCUT2D eigenvalue weighted by Gasteiger charge is 2.19. The Kier molecular flexibility index (Phi) is 3.62. The molecular formula is C17H14N2O3. The van der Waals surface area contributed by atoms with Crippen molar-refractivity contribution in [1.29, 1.82) is 0 Å². The molecule has 2 N–H and O–H groups in total. The average molecular weight is 294 g/mol. The zero-order valence-electron chi connectivity index (χ0n) is 11.9. The Morgan fingerprint density at radius 3 is 2.68 bits per heavy atom. The lowest BCUT2D eigenvalue weighted by atomic mass is 10.1. The number of aryl methyl sites for hydroxylation is 1. The van der Waals surface area contributed by atoms with Crippen molar-refractivity contribution in [2.75, 3.05) is 0 Å². The first-order valence-corrected chi connectivity index (χ1v) is 6.76. The van der Waals surface area contributed by atoms with E-state index >= 15 is 0 Å². The van der Waals surface area contributed by atoms with E-state index in [4.69, 9.17) is 4.42 Å². The van der Waals surface area contributed by atoms with E-state index in [1.54, 1.807) is 31.3 Å². The molecule has 1 aromatic heterocycles. The van der Waals surface area contributed by atoms with Crippen molar-refractivity contribution in [1.82, 2.24) is 5.43 Å². The van der Waals surface area contributed by atoms with Gasteiger partial charge in [-0.05, 0) is 24.6 Å². The predicted molar refractivity (Wildman–Crippen MR) is 84.1 cm³/mol. The summed E-state index contributed by atoms with van der Waals surface area (Å²) in [7, 11) is 0. The van der Waals surface area contributed by atoms with Crippen LogP contribution in [0.4, 0.5) is 0 Å². The van der Waals surface area contributed by atoms with Crippen LogP contribution < -0.4 is 5.43 Å². The number of fused-ring (bicyclic) bond motifs is 1. The lowest BCUT2D eigenvalue weighted by molar-refractivity contribution is 0.0929. The Morgan fingerprint density at radius 2 is 1.95 bits per heavy atom. The van der Waals surface area contributed by atoms with Crippen molar-refractivity contribution in [3.05, 3.63) is 65.4 Å². The topological polar surface area (TPSA) is 74.8 Å². The van der Waals surface area contributed by atoms with Crippen molar-refractivity contribution in [2.45, 2.75) is 6.92 Å². The van der Waals surface area contributed by atoms with Crippen LogP contribution in [0.2, 0.25) is 0 Å². The molecular weight excluding hydrogens is 280 g/mol. The maximum atomic E-state index is 12.1. The van der Waals surface area contributed by atoms with Crippen LogP contribution in [0.5, 0.6) is 5.75 Å². The van der Waals surface area contributed by atoms with Crippen molar-refractivity contribution < 1.29 is 14.3 Å². The number of hydrazone groups is 1. The summed E-state index contributed by atoms with van der Waals surface area (Å²) in [6.45, 7) is 1.72. The number of carbonyl (C=O) groups excluding carboxylic acids is 1. The van der Waals surface area contributed by atoms with Crippen LogP contribution in [0, 0.1) is 6.92 Å². The molecule has 0 fully saturated rings. The number of furan rings is 1. The van der Waals surface area contributed by atoms with Crippen LogP contribution in [0.1, 0.15) is 21.7 Å². The monoisotopic (exact) mass is 294 g/mol. The fourth-order valence-electron chi connectivity index (χ4n) is 2.25. The Balaban J connectivity index is 1.82. The van der Waals surface area contributed by atoms with Crippen LogP contribution >= 0.6 is 0 Å². The first-order valence-electron chi connectivity index (χ1n) is 6.76. The van der Waals surface area contributed by atoms with Gasteiger partial charge in [-0.2, -0.15) is 5.10 Å². The maximum Gasteiger partial charge on any atom is 0.307 e. The Morgan fingerprint density at radius 1 is 1.18 bits per heavy atom. The number of amides is 1. The van der Waals surface area contributed by atoms with Crippen molar-refractivity contribution in [3.8, 4) is 5.75 Å². The smallest absolute Gasteiger partial charge is 0.307 e. The first-order chi connectivity index (χ1) is 10.7. The Labute approximate surface area is 126 Å². The minimum absolute atomic E-state index is 0.0885. The Hall–Kier alpha value is -3.08. The van der Waals surface area contributed by atoms with Crippen molar-refractivity contribution >= 4 is 23.1 Å². The van der Waals surface area contributed by atoms with E-state index < -0.39 is 5.91 Å². The van der Waals surface area contributed by atoms with E-state index in [1.165, 1.54) is 0 Å². The van der Waals surface area contributed by atoms with Crippen LogP contribution in [-0.4, -0.2) is 17.2 Å². The van der Waals surface area contributed by atoms with Gasteiger partial charge in [-0.3, -0.25) is 4.79 Å². The number of carbonyl (C=O) groups is 1. The SMILES string of the molecule is Cc1c(C(=O)N/N=C/c2ccccc2)oc2cccc(O)c12. The molecule has 5 nitrogen and oxygen atoms in total. The zero-order valence-corrected chi connectivity index (χ0v) is 11.9. The summed E-state index contributed by atoms with van der Waals surface area (Å²) in [5.74, 6) is -0.229. The molecule has 0 atom stereocenters. The molecule has 1 amide bonds. The third kappa shape index (κ3) is 2.56. The molecule has 0 aliphatic rings. The van der Waals surface area contributed by atoms with E-state index in [0.717, 1.165) is 5.56 Å². The van der Waals surface area contributed by atoms with Crippen LogP contribution in [0.25, 0.3) is 11.0 Å². The largest absolute Gasteiger partial charge is 0.507 e. The van der Waals surface area contributed by atoms with Crippen molar-refractivity contribution in [3.63, 3.8) is 0 Å². The van der Waals surface area contributed by atoms with Gasteiger partial charge in [0.25, 0.3) is 0 Å². The molecule has 0 radical (unpaired) electrons. The van der Waals surface area contributed by atoms with Gasteiger partial charge in [0, 0.05) is 5.56 Å². The van der Waals surface area contributed by atoms with E-state index in [0.29, 0.717) is 16.5 Å². The van der Waals surface area contributed by atoms with E-state index in [1.807, 2.05) is 30.3 Å². The summed E-state index contributed by atoms with van der Waals surface area (Å²) in [5, 5.41) is 14.3. The number of hydrogen-bond donors (Lipinski definition) is 2. The van der Waals surface area contributed by atoms with Gasteiger partial charge in [0.1, 0.15) is 11.3 Å². The van der Waals surface area contributed by atoms with Gasteiger partial charge in [0.15, 0.2) is 5.76 Å². The van der Waals surface area contributed by atoms with Gasteiger partial charge in [-0.25, -0.2) is 5.43 Å². The first kappa shape index (κ1) is 13.9. The predicted octanol–water partition coefficient (Wildman–Crippen LogP) is 3.21. The van der Waals surface area contributed by atoms with E-state index in [2.05, 4.69) is 10.5 Å². The summed E-state index contributed by atoms with van der Waals surface area (Å²) < 4.78 is 5.50. The van der Waals surface area contributed by atoms with Crippen LogP contribution in [0.3, 0.4) is 0 Å². The fourth-order valence-corrected chi connectivity index (χ4v) is 2.25. The van der Waals surface area contributed by atoms with Crippen LogP contribution in [-0.2, 0) is 0 Å². The molecule has 0 aliphatic heterocycles. The summed E-state index contributed by atoms with van der Waals surface area (Å²) in [4.78, 5) is 12.1. The molecule has 22 heavy (non-hydrogen) atoms. The molecule has 3 aromatic rings. The highest BCUT2D eigenvalue weighted by molar-refractivity contribution is 6.00. The second kappa shape index (κ2) is 5.73. The number of nitrogens with one attached hydrogen (secondary N) is 1. The van der Waals surface area contributed by atoms with Gasteiger partial charge in [-0.1, -0.05) is 36.4 Å². The second-order valence-corrected chi connectivity index (χ2v) is 4.82. The molecule has 0 aliphatic carbocycles. The lowest BCUT2D eigenvalue weighted by Crippen LogP contribution is -2.17. The summed E-state index contributed by atoms with van der Waals surface area (Å²) in [6.07, 6.45) is 1.55. The molecule has 0 spiro atoms. The quantitative estimate of drug-likeness (QED) is 0.575. The van der Waals surface area contributed by atoms with Gasteiger partial charge in [0.05, 0.1) is 11.6 Å². The summed E-state index contributed by atoms with van der Waals surface area (Å²) in [5.41, 5.74) is 4.35. The standard InChI is InChI=1S/C17H14N2O3/c1-11-15-13(20)8-5-9-14(15)22-16(11)17(21)19-18-10-12-6-3-2-4-7-12/h2-10,20H,1H3,(H,19,21)/b18-10+. The third-order valence-corrected chi connectivity index (χ3v) is 3.32. The number of phenolic OH excluding ortho intramolecular Hbond substituents is 1. The van der Waals surface area contributed by atoms with Gasteiger partial charge < -0.3 is 9.52 Å². The summed E-state index contributed by atoms with van der Waals surface area (Å²) in [6, 6.07) is 14.3. The minimum atomic E-state index is -0.458. The van der Waals surface area contributed by atoms with E-state index in [-0.39, 0.29) is 11.5 Å². The number of phenols is 1. The molecule has 0 unspecified atom stereocenters. The Bertz CT molecular complexity index is 851. The second-order valence-electron chi connectivity index (χ2n) is 4.82. The molecule has 3 rings (SSSR count). The molecule has 0 bridgehead atoms. The molecule has 0 saturated carbocycles. The van der Waals surface area contributed by atoms with Gasteiger partial charge >= 0.3 is 5.91 Å². The van der Waals surface area contributed by atoms with Gasteiger partial charge in [0.2, 0.25) is 0 Å². The lowest BCUT2D eigenvalue weighted by Gasteiger charge is -1.97. The highest BCUT2D eigenvalue weighted by Crippen LogP contribution is 2.32. The molecule has 2 aromatic carbocycles. The number of aromatic hydroxyl groups is 1. The van der Waals surface area contributed by atoms with E-state index in [9.17, 15) is 9.90 Å². The van der Waals surface area contributed by atoms with Crippen molar-refractivity contribution in [2.24, 2.45) is 5.10 Å². The minimum Gasteiger partial charge on any atom is -0.507 e. The molecule has 1 heterocycles. The number of nitrogens with zero attached hydrogens (tertiary/aromatic N) is 1. The third-order valence-electron chi connectivity index (χ3n) is 3.32. The highest BCUT2D eigenvalue weighted by atomic mass is 16.3. The zero-order chi connectivity index (χ0) is 15.5. The molecule has 110 valence electrons. The maximum absolute atomic E-state index is 12.1. The average Bonchev–Trinajstić information content (AvgIpc) is 2.87. The normalized spacial score (nSPS) is 11.1. The van der Waals surface area contributed by atoms with Crippen LogP contribution in [0.15, 0.2) is 58.0 Å². The summed E-state index contributed by atoms with van der Waals surface area (Å²) >= 11 is 0.